The van der Waals surface area contributed by atoms with E-state index in [4.69, 9.17) is 0 Å². The van der Waals surface area contributed by atoms with E-state index in [0.717, 1.165) is 31.2 Å². The molecule has 1 spiro atoms. The molecule has 2 amide bonds. The zero-order chi connectivity index (χ0) is 13.3. The first-order chi connectivity index (χ1) is 9.21. The van der Waals surface area contributed by atoms with Gasteiger partial charge < -0.3 is 0 Å². The summed E-state index contributed by atoms with van der Waals surface area (Å²) in [4.78, 5) is 26.2. The summed E-state index contributed by atoms with van der Waals surface area (Å²) in [5.74, 6) is 0.0219. The van der Waals surface area contributed by atoms with Gasteiger partial charge in [0.25, 0.3) is 0 Å². The smallest absolute Gasteiger partial charge is 0.236 e. The van der Waals surface area contributed by atoms with Crippen molar-refractivity contribution in [3.63, 3.8) is 0 Å². The predicted octanol–water partition coefficient (Wildman–Crippen LogP) is 2.01. The lowest BCUT2D eigenvalue weighted by atomic mass is 9.79. The zero-order valence-corrected chi connectivity index (χ0v) is 11.0. The molecule has 19 heavy (non-hydrogen) atoms. The molecular weight excluding hydrogens is 242 g/mol. The highest BCUT2D eigenvalue weighted by Gasteiger charge is 2.50. The molecule has 1 saturated carbocycles. The van der Waals surface area contributed by atoms with Crippen LogP contribution in [0.25, 0.3) is 0 Å². The van der Waals surface area contributed by atoms with Crippen LogP contribution in [0.15, 0.2) is 12.4 Å². The van der Waals surface area contributed by atoms with Crippen LogP contribution in [0.5, 0.6) is 0 Å². The number of hydrogen-bond acceptors (Lipinski definition) is 3. The monoisotopic (exact) mass is 261 g/mol. The maximum atomic E-state index is 12.6. The molecule has 2 aliphatic rings. The van der Waals surface area contributed by atoms with E-state index in [0.29, 0.717) is 13.0 Å². The van der Waals surface area contributed by atoms with Crippen LogP contribution in [-0.4, -0.2) is 26.9 Å². The van der Waals surface area contributed by atoms with Crippen LogP contribution in [0.2, 0.25) is 0 Å². The van der Waals surface area contributed by atoms with Gasteiger partial charge >= 0.3 is 0 Å². The molecule has 3 rings (SSSR count). The Morgan fingerprint density at radius 2 is 1.95 bits per heavy atom. The van der Waals surface area contributed by atoms with Gasteiger partial charge in [-0.3, -0.25) is 19.6 Å². The molecule has 1 aromatic heterocycles. The first-order valence-corrected chi connectivity index (χ1v) is 7.04. The van der Waals surface area contributed by atoms with Crippen LogP contribution in [-0.2, 0) is 16.1 Å². The Kier molecular flexibility index (Phi) is 3.12. The Morgan fingerprint density at radius 1 is 1.21 bits per heavy atom. The predicted molar refractivity (Wildman–Crippen MR) is 68.9 cm³/mol. The number of aromatic nitrogens is 2. The third-order valence-electron chi connectivity index (χ3n) is 4.45. The van der Waals surface area contributed by atoms with Gasteiger partial charge in [-0.2, -0.15) is 5.10 Å². The van der Waals surface area contributed by atoms with Gasteiger partial charge in [-0.05, 0) is 12.8 Å². The third kappa shape index (κ3) is 2.17. The van der Waals surface area contributed by atoms with E-state index < -0.39 is 5.41 Å². The van der Waals surface area contributed by atoms with Crippen LogP contribution in [0, 0.1) is 5.41 Å². The summed E-state index contributed by atoms with van der Waals surface area (Å²) in [6.45, 7) is 0.357. The van der Waals surface area contributed by atoms with Crippen LogP contribution in [0.4, 0.5) is 0 Å². The van der Waals surface area contributed by atoms with E-state index in [2.05, 4.69) is 10.2 Å². The Hall–Kier alpha value is -1.65. The molecule has 102 valence electrons. The number of rotatable bonds is 2. The maximum absolute atomic E-state index is 12.6. The van der Waals surface area contributed by atoms with Gasteiger partial charge in [-0.15, -0.1) is 0 Å². The quantitative estimate of drug-likeness (QED) is 0.828. The Balaban J connectivity index is 1.80. The molecule has 0 unspecified atom stereocenters. The minimum atomic E-state index is -0.392. The van der Waals surface area contributed by atoms with Crippen molar-refractivity contribution < 1.29 is 9.59 Å². The van der Waals surface area contributed by atoms with Gasteiger partial charge in [0.1, 0.15) is 0 Å². The number of aromatic amines is 1. The van der Waals surface area contributed by atoms with Gasteiger partial charge in [0.2, 0.25) is 11.8 Å². The average molecular weight is 261 g/mol. The molecule has 0 radical (unpaired) electrons. The second kappa shape index (κ2) is 4.79. The fourth-order valence-electron chi connectivity index (χ4n) is 3.36. The van der Waals surface area contributed by atoms with Crippen molar-refractivity contribution >= 4 is 11.8 Å². The van der Waals surface area contributed by atoms with Crippen molar-refractivity contribution in [2.75, 3.05) is 0 Å². The number of nitrogens with one attached hydrogen (secondary N) is 1. The molecule has 5 heteroatoms. The first kappa shape index (κ1) is 12.4. The maximum Gasteiger partial charge on any atom is 0.236 e. The zero-order valence-electron chi connectivity index (χ0n) is 11.0. The highest BCUT2D eigenvalue weighted by atomic mass is 16.2. The lowest BCUT2D eigenvalue weighted by Gasteiger charge is -2.24. The van der Waals surface area contributed by atoms with Crippen molar-refractivity contribution in [2.24, 2.45) is 5.41 Å². The van der Waals surface area contributed by atoms with Crippen LogP contribution in [0.1, 0.15) is 50.5 Å². The molecule has 0 bridgehead atoms. The highest BCUT2D eigenvalue weighted by molar-refractivity contribution is 6.05. The number of carbonyl (C=O) groups excluding carboxylic acids is 2. The molecule has 5 nitrogen and oxygen atoms in total. The number of amides is 2. The fourth-order valence-corrected chi connectivity index (χ4v) is 3.36. The van der Waals surface area contributed by atoms with Crippen LogP contribution in [0.3, 0.4) is 0 Å². The summed E-state index contributed by atoms with van der Waals surface area (Å²) >= 11 is 0. The number of carbonyl (C=O) groups is 2. The molecule has 1 aliphatic carbocycles. The van der Waals surface area contributed by atoms with E-state index in [1.54, 1.807) is 12.4 Å². The van der Waals surface area contributed by atoms with Gasteiger partial charge in [0, 0.05) is 18.2 Å². The summed E-state index contributed by atoms with van der Waals surface area (Å²) in [6.07, 6.45) is 10.1. The van der Waals surface area contributed by atoms with Crippen LogP contribution < -0.4 is 0 Å². The normalized spacial score (nSPS) is 23.1. The van der Waals surface area contributed by atoms with Gasteiger partial charge in [-0.25, -0.2) is 0 Å². The number of nitrogens with zero attached hydrogens (tertiary/aromatic N) is 2. The SMILES string of the molecule is O=C1CC2(CCCCCC2)C(=O)N1Cc1cn[nH]c1. The molecule has 0 aromatic carbocycles. The highest BCUT2D eigenvalue weighted by Crippen LogP contribution is 2.44. The lowest BCUT2D eigenvalue weighted by molar-refractivity contribution is -0.142. The minimum Gasteiger partial charge on any atom is -0.285 e. The minimum absolute atomic E-state index is 0.0203. The van der Waals surface area contributed by atoms with E-state index in [9.17, 15) is 9.59 Å². The molecule has 1 aromatic rings. The average Bonchev–Trinajstić information content (AvgIpc) is 2.89. The molecule has 2 heterocycles. The number of imide groups is 1. The van der Waals surface area contributed by atoms with Gasteiger partial charge in [-0.1, -0.05) is 25.7 Å². The van der Waals surface area contributed by atoms with Crippen LogP contribution >= 0.6 is 0 Å². The van der Waals surface area contributed by atoms with E-state index in [1.165, 1.54) is 17.7 Å². The number of hydrogen-bond donors (Lipinski definition) is 1. The Labute approximate surface area is 112 Å². The van der Waals surface area contributed by atoms with Crippen molar-refractivity contribution in [1.82, 2.24) is 15.1 Å². The first-order valence-electron chi connectivity index (χ1n) is 7.04. The topological polar surface area (TPSA) is 66.1 Å². The molecule has 1 saturated heterocycles. The second-order valence-electron chi connectivity index (χ2n) is 5.76. The lowest BCUT2D eigenvalue weighted by Crippen LogP contribution is -2.35. The summed E-state index contributed by atoms with van der Waals surface area (Å²) in [7, 11) is 0. The van der Waals surface area contributed by atoms with Gasteiger partial charge in [0.05, 0.1) is 18.2 Å². The second-order valence-corrected chi connectivity index (χ2v) is 5.76. The van der Waals surface area contributed by atoms with Crippen molar-refractivity contribution in [2.45, 2.75) is 51.5 Å². The van der Waals surface area contributed by atoms with E-state index in [-0.39, 0.29) is 11.8 Å². The number of likely N-dealkylation sites (tertiary alicyclic amines) is 1. The summed E-state index contributed by atoms with van der Waals surface area (Å²) in [5.41, 5.74) is 0.490. The fraction of sp³-hybridized carbons (Fsp3) is 0.643. The molecule has 2 fully saturated rings. The van der Waals surface area contributed by atoms with Gasteiger partial charge in [0.15, 0.2) is 0 Å². The van der Waals surface area contributed by atoms with E-state index >= 15 is 0 Å². The number of H-pyrrole nitrogens is 1. The molecule has 0 atom stereocenters. The molecular formula is C14H19N3O2. The summed E-state index contributed by atoms with van der Waals surface area (Å²) in [6, 6.07) is 0. The van der Waals surface area contributed by atoms with Crippen molar-refractivity contribution in [1.29, 1.82) is 0 Å². The van der Waals surface area contributed by atoms with Crippen molar-refractivity contribution in [3.8, 4) is 0 Å². The molecule has 1 N–H and O–H groups in total. The van der Waals surface area contributed by atoms with E-state index in [1.807, 2.05) is 0 Å². The Bertz CT molecular complexity index is 473. The summed E-state index contributed by atoms with van der Waals surface area (Å²) in [5, 5.41) is 6.57. The largest absolute Gasteiger partial charge is 0.285 e. The van der Waals surface area contributed by atoms with Crippen molar-refractivity contribution in [3.05, 3.63) is 18.0 Å². The Morgan fingerprint density at radius 3 is 2.58 bits per heavy atom. The standard InChI is InChI=1S/C14H19N3O2/c18-12-7-14(5-3-1-2-4-6-14)13(19)17(12)10-11-8-15-16-9-11/h8-9H,1-7,10H2,(H,15,16). The molecule has 1 aliphatic heterocycles. The third-order valence-corrected chi connectivity index (χ3v) is 4.45. The summed E-state index contributed by atoms with van der Waals surface area (Å²) < 4.78 is 0.